The Bertz CT molecular complexity index is 586. The van der Waals surface area contributed by atoms with Gasteiger partial charge >= 0.3 is 0 Å². The van der Waals surface area contributed by atoms with E-state index in [1.807, 2.05) is 19.2 Å². The van der Waals surface area contributed by atoms with E-state index >= 15 is 0 Å². The molecule has 1 N–H and O–H groups in total. The summed E-state index contributed by atoms with van der Waals surface area (Å²) < 4.78 is 19.1. The van der Waals surface area contributed by atoms with Gasteiger partial charge < -0.3 is 10.1 Å². The molecule has 0 aliphatic rings. The molecule has 2 aromatic carbocycles. The van der Waals surface area contributed by atoms with Crippen LogP contribution in [0.4, 0.5) is 4.39 Å². The Morgan fingerprint density at radius 2 is 2.05 bits per heavy atom. The Morgan fingerprint density at radius 3 is 2.68 bits per heavy atom. The van der Waals surface area contributed by atoms with Gasteiger partial charge in [-0.2, -0.15) is 0 Å². The van der Waals surface area contributed by atoms with Gasteiger partial charge in [-0.05, 0) is 30.3 Å². The van der Waals surface area contributed by atoms with Gasteiger partial charge in [0.1, 0.15) is 0 Å². The highest BCUT2D eigenvalue weighted by atomic mass is 35.5. The topological polar surface area (TPSA) is 21.3 Å². The quantitative estimate of drug-likeness (QED) is 0.917. The number of halogens is 2. The Kier molecular flexibility index (Phi) is 4.40. The van der Waals surface area contributed by atoms with Crippen LogP contribution in [0.1, 0.15) is 5.56 Å². The molecule has 0 heterocycles. The molecule has 2 nitrogen and oxygen atoms in total. The van der Waals surface area contributed by atoms with E-state index in [1.165, 1.54) is 7.11 Å². The van der Waals surface area contributed by atoms with Crippen molar-refractivity contribution in [3.05, 3.63) is 52.8 Å². The van der Waals surface area contributed by atoms with Crippen LogP contribution in [0.5, 0.6) is 5.75 Å². The van der Waals surface area contributed by atoms with Crippen molar-refractivity contribution in [3.63, 3.8) is 0 Å². The highest BCUT2D eigenvalue weighted by molar-refractivity contribution is 6.31. The summed E-state index contributed by atoms with van der Waals surface area (Å²) in [7, 11) is 3.30. The van der Waals surface area contributed by atoms with Crippen molar-refractivity contribution < 1.29 is 9.13 Å². The van der Waals surface area contributed by atoms with Gasteiger partial charge in [-0.3, -0.25) is 0 Å². The number of methoxy groups -OCH3 is 1. The van der Waals surface area contributed by atoms with Crippen LogP contribution < -0.4 is 10.1 Å². The van der Waals surface area contributed by atoms with Crippen molar-refractivity contribution in [1.29, 1.82) is 0 Å². The first-order valence-corrected chi connectivity index (χ1v) is 6.31. The first kappa shape index (κ1) is 13.8. The van der Waals surface area contributed by atoms with Gasteiger partial charge in [-0.25, -0.2) is 4.39 Å². The van der Waals surface area contributed by atoms with Crippen LogP contribution in [-0.2, 0) is 6.54 Å². The SMILES string of the molecule is CNCc1ccc(-c2cccc(OC)c2F)cc1Cl. The van der Waals surface area contributed by atoms with Crippen LogP contribution >= 0.6 is 11.6 Å². The lowest BCUT2D eigenvalue weighted by atomic mass is 10.0. The van der Waals surface area contributed by atoms with E-state index in [0.29, 0.717) is 17.1 Å². The number of ether oxygens (including phenoxy) is 1. The van der Waals surface area contributed by atoms with Gasteiger partial charge in [0.25, 0.3) is 0 Å². The van der Waals surface area contributed by atoms with E-state index in [4.69, 9.17) is 16.3 Å². The highest BCUT2D eigenvalue weighted by Gasteiger charge is 2.11. The number of benzene rings is 2. The third kappa shape index (κ3) is 2.88. The molecule has 19 heavy (non-hydrogen) atoms. The molecule has 0 spiro atoms. The zero-order chi connectivity index (χ0) is 13.8. The molecule has 0 aromatic heterocycles. The van der Waals surface area contributed by atoms with E-state index in [1.54, 1.807) is 24.3 Å². The average molecular weight is 280 g/mol. The normalized spacial score (nSPS) is 10.5. The molecule has 2 rings (SSSR count). The fourth-order valence-electron chi connectivity index (χ4n) is 1.94. The molecule has 0 saturated heterocycles. The van der Waals surface area contributed by atoms with E-state index in [-0.39, 0.29) is 11.6 Å². The highest BCUT2D eigenvalue weighted by Crippen LogP contribution is 2.31. The Morgan fingerprint density at radius 1 is 1.26 bits per heavy atom. The maximum Gasteiger partial charge on any atom is 0.172 e. The zero-order valence-corrected chi connectivity index (χ0v) is 11.6. The van der Waals surface area contributed by atoms with E-state index in [9.17, 15) is 4.39 Å². The largest absolute Gasteiger partial charge is 0.494 e. The number of rotatable bonds is 4. The molecule has 0 atom stereocenters. The first-order valence-electron chi connectivity index (χ1n) is 5.93. The lowest BCUT2D eigenvalue weighted by molar-refractivity contribution is 0.387. The lowest BCUT2D eigenvalue weighted by Crippen LogP contribution is -2.05. The Balaban J connectivity index is 2.45. The number of hydrogen-bond acceptors (Lipinski definition) is 2. The summed E-state index contributed by atoms with van der Waals surface area (Å²) >= 11 is 6.19. The van der Waals surface area contributed by atoms with Crippen molar-refractivity contribution in [3.8, 4) is 16.9 Å². The van der Waals surface area contributed by atoms with Crippen molar-refractivity contribution in [1.82, 2.24) is 5.32 Å². The summed E-state index contributed by atoms with van der Waals surface area (Å²) in [4.78, 5) is 0. The summed E-state index contributed by atoms with van der Waals surface area (Å²) in [6.45, 7) is 0.680. The van der Waals surface area contributed by atoms with Crippen LogP contribution in [-0.4, -0.2) is 14.2 Å². The van der Waals surface area contributed by atoms with Crippen molar-refractivity contribution in [2.45, 2.75) is 6.54 Å². The minimum absolute atomic E-state index is 0.230. The Labute approximate surface area is 117 Å². The number of hydrogen-bond donors (Lipinski definition) is 1. The van der Waals surface area contributed by atoms with Gasteiger partial charge in [0, 0.05) is 17.1 Å². The van der Waals surface area contributed by atoms with Crippen LogP contribution in [0.3, 0.4) is 0 Å². The predicted molar refractivity (Wildman–Crippen MR) is 76.2 cm³/mol. The van der Waals surface area contributed by atoms with Crippen LogP contribution in [0, 0.1) is 5.82 Å². The van der Waals surface area contributed by atoms with E-state index in [2.05, 4.69) is 5.32 Å². The maximum absolute atomic E-state index is 14.2. The van der Waals surface area contributed by atoms with Gasteiger partial charge in [0.2, 0.25) is 0 Å². The van der Waals surface area contributed by atoms with Crippen molar-refractivity contribution in [2.24, 2.45) is 0 Å². The van der Waals surface area contributed by atoms with Crippen molar-refractivity contribution >= 4 is 11.6 Å². The van der Waals surface area contributed by atoms with Gasteiger partial charge in [-0.1, -0.05) is 35.9 Å². The molecule has 0 fully saturated rings. The molecule has 0 bridgehead atoms. The van der Waals surface area contributed by atoms with E-state index < -0.39 is 0 Å². The molecule has 0 aliphatic carbocycles. The van der Waals surface area contributed by atoms with Crippen molar-refractivity contribution in [2.75, 3.05) is 14.2 Å². The molecule has 100 valence electrons. The monoisotopic (exact) mass is 279 g/mol. The van der Waals surface area contributed by atoms with E-state index in [0.717, 1.165) is 11.1 Å². The Hall–Kier alpha value is -1.58. The van der Waals surface area contributed by atoms with Crippen LogP contribution in [0.15, 0.2) is 36.4 Å². The minimum atomic E-state index is -0.373. The fraction of sp³-hybridized carbons (Fsp3) is 0.200. The predicted octanol–water partition coefficient (Wildman–Crippen LogP) is 3.87. The molecule has 4 heteroatoms. The molecule has 0 saturated carbocycles. The number of nitrogens with one attached hydrogen (secondary N) is 1. The average Bonchev–Trinajstić information content (AvgIpc) is 2.42. The summed E-state index contributed by atoms with van der Waals surface area (Å²) in [5.41, 5.74) is 2.20. The molecular formula is C15H15ClFNO. The summed E-state index contributed by atoms with van der Waals surface area (Å²) in [5.74, 6) is -0.143. The van der Waals surface area contributed by atoms with Gasteiger partial charge in [0.15, 0.2) is 11.6 Å². The van der Waals surface area contributed by atoms with Crippen LogP contribution in [0.2, 0.25) is 5.02 Å². The third-order valence-electron chi connectivity index (χ3n) is 2.91. The maximum atomic E-state index is 14.2. The molecule has 0 aliphatic heterocycles. The molecular weight excluding hydrogens is 265 g/mol. The zero-order valence-electron chi connectivity index (χ0n) is 10.8. The fourth-order valence-corrected chi connectivity index (χ4v) is 2.19. The van der Waals surface area contributed by atoms with Gasteiger partial charge in [0.05, 0.1) is 7.11 Å². The molecule has 2 aromatic rings. The standard InChI is InChI=1S/C15H15ClFNO/c1-18-9-11-7-6-10(8-13(11)16)12-4-3-5-14(19-2)15(12)17/h3-8,18H,9H2,1-2H3. The smallest absolute Gasteiger partial charge is 0.172 e. The summed E-state index contributed by atoms with van der Waals surface area (Å²) in [6, 6.07) is 10.6. The minimum Gasteiger partial charge on any atom is -0.494 e. The summed E-state index contributed by atoms with van der Waals surface area (Å²) in [5, 5.41) is 3.65. The molecule has 0 unspecified atom stereocenters. The lowest BCUT2D eigenvalue weighted by Gasteiger charge is -2.10. The summed E-state index contributed by atoms with van der Waals surface area (Å²) in [6.07, 6.45) is 0. The third-order valence-corrected chi connectivity index (χ3v) is 3.27. The molecule has 0 amide bonds. The first-order chi connectivity index (χ1) is 9.17. The second kappa shape index (κ2) is 6.04. The van der Waals surface area contributed by atoms with Crippen LogP contribution in [0.25, 0.3) is 11.1 Å². The molecule has 0 radical (unpaired) electrons. The second-order valence-corrected chi connectivity index (χ2v) is 4.57. The second-order valence-electron chi connectivity index (χ2n) is 4.16. The van der Waals surface area contributed by atoms with Gasteiger partial charge in [-0.15, -0.1) is 0 Å².